The number of imidazole rings is 1. The largest absolute Gasteiger partial charge is 0.871 e. The van der Waals surface area contributed by atoms with Crippen molar-refractivity contribution in [3.05, 3.63) is 165 Å². The van der Waals surface area contributed by atoms with E-state index in [1.54, 1.807) is 32.0 Å². The number of ether oxygens (including phenoxy) is 3. The van der Waals surface area contributed by atoms with E-state index in [-0.39, 0.29) is 57.3 Å². The Morgan fingerprint density at radius 1 is 0.714 bits per heavy atom. The Morgan fingerprint density at radius 3 is 1.64 bits per heavy atom. The number of rotatable bonds is 17. The number of nitrogens with zero attached hydrogens (tertiary/aromatic N) is 1. The summed E-state index contributed by atoms with van der Waals surface area (Å²) in [7, 11) is -5.32. The van der Waals surface area contributed by atoms with Crippen LogP contribution in [0.25, 0.3) is 0 Å². The lowest BCUT2D eigenvalue weighted by molar-refractivity contribution is -0.718. The van der Waals surface area contributed by atoms with Gasteiger partial charge < -0.3 is 29.0 Å². The first kappa shape index (κ1) is 83.5. The van der Waals surface area contributed by atoms with E-state index >= 15 is 0 Å². The highest BCUT2D eigenvalue weighted by atomic mass is 79.9. The summed E-state index contributed by atoms with van der Waals surface area (Å²) >= 11 is 9.50. The number of esters is 3. The average molecular weight is 1590 g/mol. The molecule has 6 aromatic rings. The minimum Gasteiger partial charge on any atom is -0.871 e. The van der Waals surface area contributed by atoms with E-state index < -0.39 is 56.5 Å². The second-order valence-corrected chi connectivity index (χ2v) is 35.2. The molecule has 98 heavy (non-hydrogen) atoms. The fraction of sp³-hybridized carbons (Fsp3) is 0.532. The van der Waals surface area contributed by atoms with Gasteiger partial charge in [-0.3, -0.25) is 19.4 Å². The molecule has 0 aliphatic heterocycles. The molecule has 0 radical (unpaired) electrons. The topological polar surface area (TPSA) is 199 Å². The summed E-state index contributed by atoms with van der Waals surface area (Å²) in [6.07, 6.45) is 8.39. The number of nitrogens with one attached hydrogen (secondary N) is 1. The molecule has 5 atom stereocenters. The van der Waals surface area contributed by atoms with E-state index in [9.17, 15) is 45.6 Å². The van der Waals surface area contributed by atoms with Gasteiger partial charge in [0.15, 0.2) is 14.7 Å². The highest BCUT2D eigenvalue weighted by Crippen LogP contribution is 2.64. The van der Waals surface area contributed by atoms with Gasteiger partial charge in [0.05, 0.1) is 49.1 Å². The predicted octanol–water partition coefficient (Wildman–Crippen LogP) is 19.9. The first-order chi connectivity index (χ1) is 45.6. The predicted molar refractivity (Wildman–Crippen MR) is 390 cm³/mol. The molecule has 540 valence electrons. The maximum absolute atomic E-state index is 13.3. The Labute approximate surface area is 609 Å². The zero-order valence-electron chi connectivity index (χ0n) is 59.3. The molecule has 1 heterocycles. The van der Waals surface area contributed by atoms with Crippen molar-refractivity contribution in [2.75, 3.05) is 5.75 Å². The van der Waals surface area contributed by atoms with Crippen LogP contribution in [0.4, 0.5) is 13.2 Å². The van der Waals surface area contributed by atoms with Crippen LogP contribution in [-0.4, -0.2) is 70.2 Å². The number of benzene rings is 5. The quantitative estimate of drug-likeness (QED) is 0.0289. The minimum absolute atomic E-state index is 0.00100. The maximum Gasteiger partial charge on any atom is 0.426 e. The maximum atomic E-state index is 13.3. The Bertz CT molecular complexity index is 3530. The first-order valence-corrected chi connectivity index (χ1v) is 39.1. The van der Waals surface area contributed by atoms with Crippen LogP contribution >= 0.6 is 47.8 Å². The van der Waals surface area contributed by atoms with Crippen molar-refractivity contribution in [1.29, 1.82) is 0 Å². The lowest BCUT2D eigenvalue weighted by atomic mass is 9.48. The van der Waals surface area contributed by atoms with E-state index in [1.807, 2.05) is 64.6 Å². The standard InChI is InChI=1S/C22H23S.C20H29F3O7S.C12H22O2.C10H14O.C7H12N2.C6H3Br3O/c1-22(2,3)18-14-16-21(17-15-18)23(19-10-6-4-7-11-19)20-12-8-5-9-13-20;1-4-17(2,3)15(24)30-19-8-12-5-13(9-19)7-18(6-12,11-19)16(25)29-14(20(21,22)23)10-31(26,27)28;1-5-11(2,3)10(13)14-12(4)8-6-7-9-12;1-3-8(2)9-5-4-6-10(11)7-9;1-3-7(2)9-5-4-8-6-9;7-3-1-4(8)6(10)5(9)2-3/h4-17H,1-3H3;12-14H,4-11H2,1-3H3,(H,26,27,28);5-9H2,1-4H3;4-8,11H,3H2,1-2H3;4-7H,3H2,1-2H3;1-2,10H/q+1;;;;;/p-1. The summed E-state index contributed by atoms with van der Waals surface area (Å²) in [5.41, 5.74) is -0.674. The number of phenols is 1. The van der Waals surface area contributed by atoms with Gasteiger partial charge >= 0.3 is 24.1 Å². The second-order valence-electron chi connectivity index (χ2n) is 29.1. The van der Waals surface area contributed by atoms with Gasteiger partial charge in [-0.05, 0) is 220 Å². The molecule has 0 amide bonds. The number of aromatic amines is 1. The molecular formula is C77H102Br3F3N2O11S2. The zero-order valence-corrected chi connectivity index (χ0v) is 65.7. The Morgan fingerprint density at radius 2 is 1.21 bits per heavy atom. The van der Waals surface area contributed by atoms with Gasteiger partial charge in [0.25, 0.3) is 0 Å². The number of hydrogen-bond acceptors (Lipinski definition) is 11. The van der Waals surface area contributed by atoms with E-state index in [1.165, 1.54) is 45.1 Å². The molecule has 0 spiro atoms. The molecule has 5 aliphatic rings. The molecule has 13 nitrogen and oxygen atoms in total. The van der Waals surface area contributed by atoms with Gasteiger partial charge in [-0.25, -0.2) is 13.0 Å². The van der Waals surface area contributed by atoms with Gasteiger partial charge in [0, 0.05) is 19.8 Å². The molecule has 1 aromatic heterocycles. The highest BCUT2D eigenvalue weighted by molar-refractivity contribution is 9.11. The minimum atomic E-state index is -5.27. The molecular weight excluding hydrogens is 1490 g/mol. The summed E-state index contributed by atoms with van der Waals surface area (Å²) < 4.78 is 92.8. The summed E-state index contributed by atoms with van der Waals surface area (Å²) in [6, 6.07) is 42.3. The Balaban J connectivity index is 0.000000227. The fourth-order valence-electron chi connectivity index (χ4n) is 12.4. The van der Waals surface area contributed by atoms with Gasteiger partial charge in [-0.1, -0.05) is 170 Å². The molecule has 5 aliphatic carbocycles. The molecule has 5 saturated carbocycles. The van der Waals surface area contributed by atoms with Crippen LogP contribution in [-0.2, 0) is 55.0 Å². The lowest BCUT2D eigenvalue weighted by Crippen LogP contribution is -2.61. The average Bonchev–Trinajstić information content (AvgIpc) is 0.747. The normalized spacial score (nSPS) is 20.1. The molecule has 5 aromatic carbocycles. The number of halogens is 6. The summed E-state index contributed by atoms with van der Waals surface area (Å²) in [4.78, 5) is 44.6. The van der Waals surface area contributed by atoms with Crippen LogP contribution in [0, 0.1) is 28.1 Å². The number of carbonyl (C=O) groups excluding carboxylic acids is 3. The third-order valence-electron chi connectivity index (χ3n) is 19.2. The number of phenolic OH excluding ortho intramolecular Hbond substituents is 1. The van der Waals surface area contributed by atoms with Crippen LogP contribution in [0.15, 0.2) is 168 Å². The van der Waals surface area contributed by atoms with Crippen molar-refractivity contribution in [3.8, 4) is 11.5 Å². The van der Waals surface area contributed by atoms with Crippen molar-refractivity contribution in [1.82, 2.24) is 4.98 Å². The monoisotopic (exact) mass is 1590 g/mol. The summed E-state index contributed by atoms with van der Waals surface area (Å²) in [6.45, 7) is 28.8. The highest BCUT2D eigenvalue weighted by Gasteiger charge is 2.64. The number of aromatic nitrogens is 2. The van der Waals surface area contributed by atoms with Crippen molar-refractivity contribution in [2.24, 2.45) is 28.1 Å². The molecule has 21 heteroatoms. The first-order valence-electron chi connectivity index (χ1n) is 33.9. The number of aromatic hydroxyl groups is 1. The number of carbonyl (C=O) groups is 3. The van der Waals surface area contributed by atoms with E-state index in [4.69, 9.17) is 14.6 Å². The van der Waals surface area contributed by atoms with Crippen LogP contribution < -0.4 is 9.67 Å². The van der Waals surface area contributed by atoms with E-state index in [0.29, 0.717) is 58.8 Å². The van der Waals surface area contributed by atoms with Gasteiger partial charge in [-0.15, -0.1) is 0 Å². The van der Waals surface area contributed by atoms with Gasteiger partial charge in [0.2, 0.25) is 12.4 Å². The van der Waals surface area contributed by atoms with Gasteiger partial charge in [-0.2, -0.15) is 13.2 Å². The number of H-pyrrole nitrogens is 1. The SMILES string of the molecule is CC(C)(C)c1ccc([S+](c2ccccc2)c2ccccc2)cc1.CCC(C)(C)C(=O)OC1(C)CCCC1.CCC(C)(C)C(=O)OC12CC3CC(C1)CC(C(=O)OC(CS(=O)(=O)[O-])C(F)(F)F)(C3)C2.CCC(C)[n+]1cc[nH]c1.CCC(C)c1cccc(O)c1.[O-]c1c(Br)cc(Br)cc1Br. The van der Waals surface area contributed by atoms with E-state index in [2.05, 4.69) is 202 Å². The van der Waals surface area contributed by atoms with Crippen LogP contribution in [0.3, 0.4) is 0 Å². The smallest absolute Gasteiger partial charge is 0.426 e. The summed E-state index contributed by atoms with van der Waals surface area (Å²) in [5.74, 6) is -2.60. The van der Waals surface area contributed by atoms with Crippen LogP contribution in [0.1, 0.15) is 210 Å². The van der Waals surface area contributed by atoms with Crippen LogP contribution in [0.2, 0.25) is 0 Å². The lowest BCUT2D eigenvalue weighted by Gasteiger charge is -2.60. The molecule has 5 fully saturated rings. The number of alkyl halides is 3. The van der Waals surface area contributed by atoms with Crippen molar-refractivity contribution < 1.29 is 69.5 Å². The van der Waals surface area contributed by atoms with Crippen molar-refractivity contribution in [3.63, 3.8) is 0 Å². The summed E-state index contributed by atoms with van der Waals surface area (Å²) in [5, 5.41) is 20.2. The Hall–Kier alpha value is -5.19. The molecule has 11 rings (SSSR count). The van der Waals surface area contributed by atoms with Gasteiger partial charge in [0.1, 0.15) is 29.3 Å². The fourth-order valence-corrected chi connectivity index (χ4v) is 17.3. The zero-order chi connectivity index (χ0) is 73.2. The second kappa shape index (κ2) is 36.1. The van der Waals surface area contributed by atoms with E-state index in [0.717, 1.165) is 36.6 Å². The van der Waals surface area contributed by atoms with Crippen LogP contribution in [0.5, 0.6) is 11.5 Å². The third kappa shape index (κ3) is 24.8. The molecule has 5 unspecified atom stereocenters. The third-order valence-corrected chi connectivity index (χ3v) is 23.8. The Kier molecular flexibility index (Phi) is 30.8. The molecule has 2 N–H and O–H groups in total. The van der Waals surface area contributed by atoms with Crippen molar-refractivity contribution >= 4 is 86.7 Å². The number of hydrogen-bond donors (Lipinski definition) is 2. The van der Waals surface area contributed by atoms with Crippen molar-refractivity contribution in [2.45, 2.75) is 242 Å². The molecule has 4 bridgehead atoms. The molecule has 0 saturated heterocycles.